The van der Waals surface area contributed by atoms with Gasteiger partial charge in [-0.25, -0.2) is 0 Å². The summed E-state index contributed by atoms with van der Waals surface area (Å²) in [7, 11) is 2.11. The quantitative estimate of drug-likeness (QED) is 0.790. The van der Waals surface area contributed by atoms with Crippen LogP contribution in [0, 0.1) is 18.8 Å². The van der Waals surface area contributed by atoms with Gasteiger partial charge in [0, 0.05) is 10.9 Å². The Morgan fingerprint density at radius 2 is 2.06 bits per heavy atom. The van der Waals surface area contributed by atoms with Gasteiger partial charge in [0.1, 0.15) is 0 Å². The molecule has 0 aliphatic heterocycles. The maximum absolute atomic E-state index is 3.65. The molecule has 1 saturated carbocycles. The molecule has 1 unspecified atom stereocenters. The second kappa shape index (κ2) is 6.53. The van der Waals surface area contributed by atoms with E-state index in [2.05, 4.69) is 48.2 Å². The van der Waals surface area contributed by atoms with Gasteiger partial charge in [0.15, 0.2) is 0 Å². The van der Waals surface area contributed by atoms with Crippen molar-refractivity contribution < 1.29 is 0 Å². The molecule has 1 aliphatic rings. The molecule has 1 aromatic rings. The Morgan fingerprint density at radius 1 is 1.39 bits per heavy atom. The van der Waals surface area contributed by atoms with Crippen LogP contribution in [0.25, 0.3) is 0 Å². The first-order valence-electron chi connectivity index (χ1n) is 7.08. The van der Waals surface area contributed by atoms with Crippen molar-refractivity contribution >= 4 is 27.3 Å². The van der Waals surface area contributed by atoms with Crippen LogP contribution in [0.1, 0.15) is 55.5 Å². The standard InChI is InChI=1S/C15H24BrNS/c1-4-11-5-7-12(8-6-11)14(17-3)13-9-10(2)15(16)18-13/h9,11-12,14,17H,4-8H2,1-3H3. The number of thiophene rings is 1. The highest BCUT2D eigenvalue weighted by atomic mass is 79.9. The zero-order chi connectivity index (χ0) is 13.1. The van der Waals surface area contributed by atoms with E-state index in [-0.39, 0.29) is 0 Å². The van der Waals surface area contributed by atoms with Crippen LogP contribution in [0.15, 0.2) is 9.85 Å². The van der Waals surface area contributed by atoms with E-state index in [0.29, 0.717) is 6.04 Å². The lowest BCUT2D eigenvalue weighted by Crippen LogP contribution is -2.28. The predicted octanol–water partition coefficient (Wildman–Crippen LogP) is 5.30. The Kier molecular flexibility index (Phi) is 5.28. The molecule has 102 valence electrons. The van der Waals surface area contributed by atoms with Gasteiger partial charge in [-0.2, -0.15) is 0 Å². The van der Waals surface area contributed by atoms with Crippen LogP contribution in [0.4, 0.5) is 0 Å². The molecule has 0 bridgehead atoms. The average Bonchev–Trinajstić information content (AvgIpc) is 2.71. The molecule has 1 nitrogen and oxygen atoms in total. The summed E-state index contributed by atoms with van der Waals surface area (Å²) in [5.41, 5.74) is 1.37. The Balaban J connectivity index is 2.05. The van der Waals surface area contributed by atoms with Gasteiger partial charge >= 0.3 is 0 Å². The summed E-state index contributed by atoms with van der Waals surface area (Å²) in [6, 6.07) is 2.90. The summed E-state index contributed by atoms with van der Waals surface area (Å²) < 4.78 is 1.29. The third-order valence-corrected chi connectivity index (χ3v) is 6.65. The molecular weight excluding hydrogens is 306 g/mol. The lowest BCUT2D eigenvalue weighted by Gasteiger charge is -2.33. The van der Waals surface area contributed by atoms with Crippen molar-refractivity contribution in [2.75, 3.05) is 7.05 Å². The molecule has 1 aromatic heterocycles. The number of rotatable bonds is 4. The minimum absolute atomic E-state index is 0.554. The summed E-state index contributed by atoms with van der Waals surface area (Å²) in [6.07, 6.45) is 6.98. The van der Waals surface area contributed by atoms with Crippen LogP contribution in [0.2, 0.25) is 0 Å². The minimum Gasteiger partial charge on any atom is -0.312 e. The molecule has 0 amide bonds. The van der Waals surface area contributed by atoms with E-state index in [9.17, 15) is 0 Å². The van der Waals surface area contributed by atoms with Gasteiger partial charge in [0.2, 0.25) is 0 Å². The van der Waals surface area contributed by atoms with E-state index in [1.165, 1.54) is 46.3 Å². The molecule has 0 spiro atoms. The smallest absolute Gasteiger partial charge is 0.0731 e. The molecule has 1 fully saturated rings. The van der Waals surface area contributed by atoms with Gasteiger partial charge in [-0.05, 0) is 66.2 Å². The number of nitrogens with one attached hydrogen (secondary N) is 1. The van der Waals surface area contributed by atoms with Crippen LogP contribution in [0.3, 0.4) is 0 Å². The van der Waals surface area contributed by atoms with Gasteiger partial charge in [-0.1, -0.05) is 26.2 Å². The highest BCUT2D eigenvalue weighted by Crippen LogP contribution is 2.41. The fourth-order valence-corrected chi connectivity index (χ4v) is 4.95. The third kappa shape index (κ3) is 3.17. The highest BCUT2D eigenvalue weighted by Gasteiger charge is 2.28. The Labute approximate surface area is 123 Å². The first-order chi connectivity index (χ1) is 8.65. The molecule has 3 heteroatoms. The van der Waals surface area contributed by atoms with E-state index in [1.54, 1.807) is 0 Å². The van der Waals surface area contributed by atoms with Crippen LogP contribution in [-0.4, -0.2) is 7.05 Å². The molecule has 0 aromatic carbocycles. The average molecular weight is 330 g/mol. The van der Waals surface area contributed by atoms with Gasteiger partial charge in [0.25, 0.3) is 0 Å². The second-order valence-corrected chi connectivity index (χ2v) is 7.96. The van der Waals surface area contributed by atoms with Crippen molar-refractivity contribution in [1.82, 2.24) is 5.32 Å². The Hall–Kier alpha value is 0.140. The van der Waals surface area contributed by atoms with E-state index in [4.69, 9.17) is 0 Å². The third-order valence-electron chi connectivity index (χ3n) is 4.43. The number of hydrogen-bond donors (Lipinski definition) is 1. The van der Waals surface area contributed by atoms with Crippen molar-refractivity contribution in [3.05, 3.63) is 20.3 Å². The summed E-state index contributed by atoms with van der Waals surface area (Å²) in [5.74, 6) is 1.80. The Bertz CT molecular complexity index is 360. The largest absolute Gasteiger partial charge is 0.312 e. The zero-order valence-electron chi connectivity index (χ0n) is 11.6. The second-order valence-electron chi connectivity index (χ2n) is 5.56. The van der Waals surface area contributed by atoms with Crippen molar-refractivity contribution in [2.24, 2.45) is 11.8 Å². The van der Waals surface area contributed by atoms with Crippen LogP contribution in [0.5, 0.6) is 0 Å². The van der Waals surface area contributed by atoms with Crippen LogP contribution in [-0.2, 0) is 0 Å². The number of halogens is 1. The van der Waals surface area contributed by atoms with Gasteiger partial charge in [-0.3, -0.25) is 0 Å². The molecule has 0 radical (unpaired) electrons. The summed E-state index contributed by atoms with van der Waals surface area (Å²) in [5, 5.41) is 3.55. The lowest BCUT2D eigenvalue weighted by atomic mass is 9.77. The topological polar surface area (TPSA) is 12.0 Å². The SMILES string of the molecule is CCC1CCC(C(NC)c2cc(C)c(Br)s2)CC1. The van der Waals surface area contributed by atoms with Crippen molar-refractivity contribution in [3.8, 4) is 0 Å². The maximum atomic E-state index is 3.65. The molecule has 0 saturated heterocycles. The number of aryl methyl sites for hydroxylation is 1. The van der Waals surface area contributed by atoms with E-state index in [0.717, 1.165) is 11.8 Å². The molecule has 2 rings (SSSR count). The van der Waals surface area contributed by atoms with Crippen LogP contribution >= 0.6 is 27.3 Å². The molecule has 1 N–H and O–H groups in total. The summed E-state index contributed by atoms with van der Waals surface area (Å²) >= 11 is 5.55. The van der Waals surface area contributed by atoms with Gasteiger partial charge in [-0.15, -0.1) is 11.3 Å². The van der Waals surface area contributed by atoms with E-state index < -0.39 is 0 Å². The van der Waals surface area contributed by atoms with E-state index in [1.807, 2.05) is 11.3 Å². The molecule has 1 aliphatic carbocycles. The van der Waals surface area contributed by atoms with Crippen LogP contribution < -0.4 is 5.32 Å². The Morgan fingerprint density at radius 3 is 2.50 bits per heavy atom. The first-order valence-corrected chi connectivity index (χ1v) is 8.69. The molecule has 1 atom stereocenters. The fraction of sp³-hybridized carbons (Fsp3) is 0.733. The van der Waals surface area contributed by atoms with Crippen molar-refractivity contribution in [1.29, 1.82) is 0 Å². The van der Waals surface area contributed by atoms with Crippen molar-refractivity contribution in [3.63, 3.8) is 0 Å². The zero-order valence-corrected chi connectivity index (χ0v) is 14.0. The number of hydrogen-bond acceptors (Lipinski definition) is 2. The summed E-state index contributed by atoms with van der Waals surface area (Å²) in [6.45, 7) is 4.52. The minimum atomic E-state index is 0.554. The van der Waals surface area contributed by atoms with Gasteiger partial charge < -0.3 is 5.32 Å². The highest BCUT2D eigenvalue weighted by molar-refractivity contribution is 9.11. The molecule has 1 heterocycles. The molecular formula is C15H24BrNS. The lowest BCUT2D eigenvalue weighted by molar-refractivity contribution is 0.226. The monoisotopic (exact) mass is 329 g/mol. The normalized spacial score (nSPS) is 26.2. The van der Waals surface area contributed by atoms with Crippen molar-refractivity contribution in [2.45, 2.75) is 52.0 Å². The molecule has 18 heavy (non-hydrogen) atoms. The predicted molar refractivity (Wildman–Crippen MR) is 84.3 cm³/mol. The maximum Gasteiger partial charge on any atom is 0.0731 e. The first kappa shape index (κ1) is 14.5. The fourth-order valence-electron chi connectivity index (χ4n) is 3.18. The van der Waals surface area contributed by atoms with E-state index >= 15 is 0 Å². The van der Waals surface area contributed by atoms with Gasteiger partial charge in [0.05, 0.1) is 3.79 Å². The summed E-state index contributed by atoms with van der Waals surface area (Å²) in [4.78, 5) is 1.50.